The van der Waals surface area contributed by atoms with Crippen molar-refractivity contribution in [2.45, 2.75) is 39.7 Å². The van der Waals surface area contributed by atoms with E-state index in [1.807, 2.05) is 30.3 Å². The first kappa shape index (κ1) is 24.4. The molecule has 2 aromatic carbocycles. The Balaban J connectivity index is 1.52. The second kappa shape index (κ2) is 11.1. The number of hydrogen-bond donors (Lipinski definition) is 0. The zero-order valence-corrected chi connectivity index (χ0v) is 19.3. The van der Waals surface area contributed by atoms with E-state index in [2.05, 4.69) is 0 Å². The molecular weight excluding hydrogens is 420 g/mol. The molecule has 0 amide bonds. The molecule has 33 heavy (non-hydrogen) atoms. The molecule has 3 rings (SSSR count). The molecule has 0 spiro atoms. The van der Waals surface area contributed by atoms with E-state index >= 15 is 0 Å². The summed E-state index contributed by atoms with van der Waals surface area (Å²) in [6.07, 6.45) is 4.03. The summed E-state index contributed by atoms with van der Waals surface area (Å²) in [4.78, 5) is 37.4. The summed E-state index contributed by atoms with van der Waals surface area (Å²) in [5, 5.41) is 0. The highest BCUT2D eigenvalue weighted by atomic mass is 16.6. The van der Waals surface area contributed by atoms with Gasteiger partial charge in [-0.05, 0) is 56.2 Å². The Kier molecular flexibility index (Phi) is 8.17. The van der Waals surface area contributed by atoms with Gasteiger partial charge in [-0.1, -0.05) is 43.3 Å². The van der Waals surface area contributed by atoms with Gasteiger partial charge in [-0.15, -0.1) is 0 Å². The van der Waals surface area contributed by atoms with Crippen LogP contribution in [0.25, 0.3) is 6.08 Å². The summed E-state index contributed by atoms with van der Waals surface area (Å²) < 4.78 is 16.2. The van der Waals surface area contributed by atoms with Crippen molar-refractivity contribution in [3.05, 3.63) is 71.8 Å². The van der Waals surface area contributed by atoms with Crippen molar-refractivity contribution in [1.82, 2.24) is 0 Å². The van der Waals surface area contributed by atoms with Gasteiger partial charge >= 0.3 is 11.9 Å². The Labute approximate surface area is 194 Å². The average molecular weight is 451 g/mol. The molecule has 0 saturated carbocycles. The van der Waals surface area contributed by atoms with Crippen LogP contribution in [-0.2, 0) is 19.1 Å². The van der Waals surface area contributed by atoms with Gasteiger partial charge in [0.25, 0.3) is 0 Å². The third-order valence-corrected chi connectivity index (χ3v) is 5.52. The third kappa shape index (κ3) is 7.12. The molecule has 1 heterocycles. The highest BCUT2D eigenvalue weighted by Gasteiger charge is 2.36. The summed E-state index contributed by atoms with van der Waals surface area (Å²) in [7, 11) is 0. The molecule has 6 heteroatoms. The lowest BCUT2D eigenvalue weighted by Crippen LogP contribution is -2.34. The molecule has 1 aliphatic heterocycles. The maximum atomic E-state index is 12.6. The van der Waals surface area contributed by atoms with Gasteiger partial charge < -0.3 is 14.2 Å². The van der Waals surface area contributed by atoms with Crippen LogP contribution in [0, 0.1) is 11.3 Å². The zero-order chi connectivity index (χ0) is 23.8. The molecule has 0 N–H and O–H groups in total. The molecule has 2 aromatic rings. The zero-order valence-electron chi connectivity index (χ0n) is 19.3. The number of hydrogen-bond acceptors (Lipinski definition) is 6. The van der Waals surface area contributed by atoms with Gasteiger partial charge in [-0.25, -0.2) is 0 Å². The van der Waals surface area contributed by atoms with Gasteiger partial charge in [-0.3, -0.25) is 14.4 Å². The Morgan fingerprint density at radius 1 is 1.09 bits per heavy atom. The first-order chi connectivity index (χ1) is 15.7. The average Bonchev–Trinajstić information content (AvgIpc) is 3.31. The summed E-state index contributed by atoms with van der Waals surface area (Å²) in [5.41, 5.74) is 0.603. The van der Waals surface area contributed by atoms with Gasteiger partial charge in [0.1, 0.15) is 11.9 Å². The number of esters is 2. The Bertz CT molecular complexity index is 985. The molecule has 0 radical (unpaired) electrons. The molecule has 2 unspecified atom stereocenters. The predicted molar refractivity (Wildman–Crippen MR) is 125 cm³/mol. The van der Waals surface area contributed by atoms with E-state index in [1.54, 1.807) is 51.1 Å². The lowest BCUT2D eigenvalue weighted by Gasteiger charge is -2.26. The molecule has 174 valence electrons. The van der Waals surface area contributed by atoms with Crippen LogP contribution in [0.2, 0.25) is 0 Å². The van der Waals surface area contributed by atoms with Crippen molar-refractivity contribution in [1.29, 1.82) is 0 Å². The second-order valence-corrected chi connectivity index (χ2v) is 8.93. The van der Waals surface area contributed by atoms with Crippen LogP contribution in [0.15, 0.2) is 60.7 Å². The first-order valence-electron chi connectivity index (χ1n) is 11.1. The number of carbonyl (C=O) groups excluding carboxylic acids is 3. The SMILES string of the molecule is CC(CC(C)(C)C(=O)OC1CCOC1)C(=O)Oc1ccc(C(=O)C=Cc2ccccc2)cc1. The number of ether oxygens (including phenoxy) is 3. The van der Waals surface area contributed by atoms with Crippen LogP contribution in [0.4, 0.5) is 0 Å². The number of allylic oxidation sites excluding steroid dienone is 1. The third-order valence-electron chi connectivity index (χ3n) is 5.52. The van der Waals surface area contributed by atoms with Crippen LogP contribution in [0.3, 0.4) is 0 Å². The number of benzene rings is 2. The Hall–Kier alpha value is -3.25. The maximum Gasteiger partial charge on any atom is 0.314 e. The van der Waals surface area contributed by atoms with E-state index in [-0.39, 0.29) is 17.9 Å². The first-order valence-corrected chi connectivity index (χ1v) is 11.1. The highest BCUT2D eigenvalue weighted by molar-refractivity contribution is 6.06. The van der Waals surface area contributed by atoms with Crippen LogP contribution in [0.1, 0.15) is 49.5 Å². The summed E-state index contributed by atoms with van der Waals surface area (Å²) in [5.74, 6) is -1.09. The van der Waals surface area contributed by atoms with Gasteiger partial charge in [0, 0.05) is 12.0 Å². The standard InChI is InChI=1S/C27H30O6/c1-19(17-27(2,3)26(30)33-23-15-16-31-18-23)25(29)32-22-12-10-21(11-13-22)24(28)14-9-20-7-5-4-6-8-20/h4-14,19,23H,15-18H2,1-3H3. The highest BCUT2D eigenvalue weighted by Crippen LogP contribution is 2.29. The minimum Gasteiger partial charge on any atom is -0.459 e. The molecule has 0 bridgehead atoms. The van der Waals surface area contributed by atoms with Crippen molar-refractivity contribution in [2.24, 2.45) is 11.3 Å². The molecule has 0 aromatic heterocycles. The number of carbonyl (C=O) groups is 3. The monoisotopic (exact) mass is 450 g/mol. The van der Waals surface area contributed by atoms with Gasteiger partial charge in [0.2, 0.25) is 0 Å². The molecule has 0 aliphatic carbocycles. The molecule has 1 saturated heterocycles. The normalized spacial score (nSPS) is 17.0. The topological polar surface area (TPSA) is 78.9 Å². The van der Waals surface area contributed by atoms with Crippen LogP contribution in [-0.4, -0.2) is 37.0 Å². The quantitative estimate of drug-likeness (QED) is 0.235. The van der Waals surface area contributed by atoms with E-state index in [0.717, 1.165) is 5.56 Å². The molecule has 1 aliphatic rings. The van der Waals surface area contributed by atoms with Gasteiger partial charge in [-0.2, -0.15) is 0 Å². The fourth-order valence-corrected chi connectivity index (χ4v) is 3.59. The summed E-state index contributed by atoms with van der Waals surface area (Å²) >= 11 is 0. The molecular formula is C27H30O6. The number of rotatable bonds is 9. The predicted octanol–water partition coefficient (Wildman–Crippen LogP) is 4.87. The smallest absolute Gasteiger partial charge is 0.314 e. The van der Waals surface area contributed by atoms with Gasteiger partial charge in [0.15, 0.2) is 5.78 Å². The number of ketones is 1. The van der Waals surface area contributed by atoms with E-state index < -0.39 is 17.3 Å². The fraction of sp³-hybridized carbons (Fsp3) is 0.370. The van der Waals surface area contributed by atoms with E-state index in [4.69, 9.17) is 14.2 Å². The van der Waals surface area contributed by atoms with Crippen molar-refractivity contribution in [3.8, 4) is 5.75 Å². The van der Waals surface area contributed by atoms with Crippen LogP contribution >= 0.6 is 0 Å². The fourth-order valence-electron chi connectivity index (χ4n) is 3.59. The van der Waals surface area contributed by atoms with Crippen LogP contribution < -0.4 is 4.74 Å². The van der Waals surface area contributed by atoms with Crippen molar-refractivity contribution >= 4 is 23.8 Å². The molecule has 2 atom stereocenters. The lowest BCUT2D eigenvalue weighted by molar-refractivity contribution is -0.161. The van der Waals surface area contributed by atoms with Gasteiger partial charge in [0.05, 0.1) is 24.5 Å². The summed E-state index contributed by atoms with van der Waals surface area (Å²) in [6, 6.07) is 16.0. The molecule has 6 nitrogen and oxygen atoms in total. The lowest BCUT2D eigenvalue weighted by atomic mass is 9.83. The van der Waals surface area contributed by atoms with E-state index in [0.29, 0.717) is 37.4 Å². The Morgan fingerprint density at radius 3 is 2.42 bits per heavy atom. The van der Waals surface area contributed by atoms with Crippen molar-refractivity contribution < 1.29 is 28.6 Å². The minimum absolute atomic E-state index is 0.141. The second-order valence-electron chi connectivity index (χ2n) is 8.93. The largest absolute Gasteiger partial charge is 0.459 e. The van der Waals surface area contributed by atoms with Crippen LogP contribution in [0.5, 0.6) is 5.75 Å². The minimum atomic E-state index is -0.831. The van der Waals surface area contributed by atoms with Crippen molar-refractivity contribution in [2.75, 3.05) is 13.2 Å². The maximum absolute atomic E-state index is 12.6. The molecule has 1 fully saturated rings. The summed E-state index contributed by atoms with van der Waals surface area (Å²) in [6.45, 7) is 6.26. The van der Waals surface area contributed by atoms with Crippen molar-refractivity contribution in [3.63, 3.8) is 0 Å². The van der Waals surface area contributed by atoms with E-state index in [1.165, 1.54) is 6.08 Å². The Morgan fingerprint density at radius 2 is 1.79 bits per heavy atom. The van der Waals surface area contributed by atoms with E-state index in [9.17, 15) is 14.4 Å².